The molecule has 0 saturated heterocycles. The van der Waals surface area contributed by atoms with Crippen molar-refractivity contribution in [3.05, 3.63) is 48.3 Å². The van der Waals surface area contributed by atoms with E-state index in [9.17, 15) is 4.79 Å². The topological polar surface area (TPSA) is 59.0 Å². The van der Waals surface area contributed by atoms with E-state index in [2.05, 4.69) is 15.7 Å². The summed E-state index contributed by atoms with van der Waals surface area (Å²) in [6.45, 7) is 1.42. The van der Waals surface area contributed by atoms with Gasteiger partial charge in [0.15, 0.2) is 0 Å². The third-order valence-electron chi connectivity index (χ3n) is 3.46. The Morgan fingerprint density at radius 2 is 2.10 bits per heavy atom. The number of carbonyl (C=O) groups is 1. The molecule has 1 aromatic heterocycles. The summed E-state index contributed by atoms with van der Waals surface area (Å²) >= 11 is 0. The van der Waals surface area contributed by atoms with Gasteiger partial charge in [-0.2, -0.15) is 5.10 Å². The van der Waals surface area contributed by atoms with Crippen LogP contribution in [0.3, 0.4) is 0 Å². The molecule has 0 bridgehead atoms. The first-order valence-electron chi connectivity index (χ1n) is 7.40. The van der Waals surface area contributed by atoms with Gasteiger partial charge >= 0.3 is 0 Å². The van der Waals surface area contributed by atoms with Crippen LogP contribution in [0.5, 0.6) is 0 Å². The number of hydrogen-bond donors (Lipinski definition) is 2. The van der Waals surface area contributed by atoms with Crippen molar-refractivity contribution in [2.75, 3.05) is 6.54 Å². The minimum absolute atomic E-state index is 0.144. The minimum Gasteiger partial charge on any atom is -0.353 e. The van der Waals surface area contributed by atoms with E-state index < -0.39 is 0 Å². The van der Waals surface area contributed by atoms with Gasteiger partial charge in [-0.25, -0.2) is 4.68 Å². The molecule has 1 saturated carbocycles. The molecule has 1 amide bonds. The molecule has 0 aliphatic heterocycles. The maximum Gasteiger partial charge on any atom is 0.221 e. The van der Waals surface area contributed by atoms with Gasteiger partial charge in [-0.15, -0.1) is 0 Å². The van der Waals surface area contributed by atoms with Crippen LogP contribution in [0, 0.1) is 0 Å². The number of rotatable bonds is 7. The molecule has 110 valence electrons. The van der Waals surface area contributed by atoms with Crippen LogP contribution < -0.4 is 10.6 Å². The molecule has 0 radical (unpaired) electrons. The fourth-order valence-electron chi connectivity index (χ4n) is 2.14. The highest BCUT2D eigenvalue weighted by Crippen LogP contribution is 2.18. The number of carbonyl (C=O) groups excluding carboxylic acids is 1. The lowest BCUT2D eigenvalue weighted by Gasteiger charge is -2.04. The van der Waals surface area contributed by atoms with Gasteiger partial charge in [0.1, 0.15) is 0 Å². The smallest absolute Gasteiger partial charge is 0.221 e. The van der Waals surface area contributed by atoms with Crippen molar-refractivity contribution in [3.63, 3.8) is 0 Å². The lowest BCUT2D eigenvalue weighted by molar-refractivity contribution is -0.121. The standard InChI is InChI=1S/C16H20N4O/c21-16(19-14-6-7-14)8-9-17-10-13-11-18-20(12-13)15-4-2-1-3-5-15/h1-5,11-12,14,17H,6-10H2,(H,19,21). The van der Waals surface area contributed by atoms with Crippen LogP contribution in [0.25, 0.3) is 5.69 Å². The van der Waals surface area contributed by atoms with E-state index in [1.165, 1.54) is 0 Å². The van der Waals surface area contributed by atoms with Crippen LogP contribution in [0.2, 0.25) is 0 Å². The van der Waals surface area contributed by atoms with Gasteiger partial charge in [-0.1, -0.05) is 18.2 Å². The Morgan fingerprint density at radius 1 is 1.29 bits per heavy atom. The van der Waals surface area contributed by atoms with E-state index in [4.69, 9.17) is 0 Å². The van der Waals surface area contributed by atoms with Crippen molar-refractivity contribution in [1.82, 2.24) is 20.4 Å². The summed E-state index contributed by atoms with van der Waals surface area (Å²) < 4.78 is 1.86. The fraction of sp³-hybridized carbons (Fsp3) is 0.375. The summed E-state index contributed by atoms with van der Waals surface area (Å²) in [5.41, 5.74) is 2.16. The van der Waals surface area contributed by atoms with Crippen molar-refractivity contribution in [1.29, 1.82) is 0 Å². The van der Waals surface area contributed by atoms with Crippen molar-refractivity contribution >= 4 is 5.91 Å². The lowest BCUT2D eigenvalue weighted by Crippen LogP contribution is -2.28. The highest BCUT2D eigenvalue weighted by molar-refractivity contribution is 5.76. The number of amides is 1. The van der Waals surface area contributed by atoms with Crippen LogP contribution in [0.1, 0.15) is 24.8 Å². The lowest BCUT2D eigenvalue weighted by atomic mass is 10.3. The van der Waals surface area contributed by atoms with Gasteiger partial charge in [0.25, 0.3) is 0 Å². The molecular formula is C16H20N4O. The van der Waals surface area contributed by atoms with Gasteiger partial charge in [0, 0.05) is 37.3 Å². The van der Waals surface area contributed by atoms with Crippen molar-refractivity contribution in [3.8, 4) is 5.69 Å². The zero-order valence-corrected chi connectivity index (χ0v) is 12.0. The first kappa shape index (κ1) is 13.8. The zero-order chi connectivity index (χ0) is 14.5. The molecule has 3 rings (SSSR count). The Labute approximate surface area is 124 Å². The Balaban J connectivity index is 1.41. The Bertz CT molecular complexity index is 589. The van der Waals surface area contributed by atoms with Crippen molar-refractivity contribution in [2.24, 2.45) is 0 Å². The van der Waals surface area contributed by atoms with E-state index >= 15 is 0 Å². The molecule has 2 aromatic rings. The molecular weight excluding hydrogens is 264 g/mol. The second kappa shape index (κ2) is 6.54. The molecule has 5 nitrogen and oxygen atoms in total. The summed E-state index contributed by atoms with van der Waals surface area (Å²) in [4.78, 5) is 11.5. The molecule has 21 heavy (non-hydrogen) atoms. The van der Waals surface area contributed by atoms with Gasteiger partial charge in [0.2, 0.25) is 5.91 Å². The van der Waals surface area contributed by atoms with E-state index in [0.29, 0.717) is 19.0 Å². The van der Waals surface area contributed by atoms with Crippen LogP contribution in [-0.2, 0) is 11.3 Å². The molecule has 2 N–H and O–H groups in total. The molecule has 1 heterocycles. The molecule has 0 spiro atoms. The predicted octanol–water partition coefficient (Wildman–Crippen LogP) is 1.63. The second-order valence-electron chi connectivity index (χ2n) is 5.40. The average Bonchev–Trinajstić information content (AvgIpc) is 3.19. The summed E-state index contributed by atoms with van der Waals surface area (Å²) in [5, 5.41) is 10.6. The predicted molar refractivity (Wildman–Crippen MR) is 81.1 cm³/mol. The maximum atomic E-state index is 11.5. The van der Waals surface area contributed by atoms with Crippen LogP contribution in [0.15, 0.2) is 42.7 Å². The highest BCUT2D eigenvalue weighted by atomic mass is 16.1. The Kier molecular flexibility index (Phi) is 4.31. The molecule has 5 heteroatoms. The number of hydrogen-bond acceptors (Lipinski definition) is 3. The summed E-state index contributed by atoms with van der Waals surface area (Å²) in [5.74, 6) is 0.144. The molecule has 1 aliphatic carbocycles. The first-order chi connectivity index (χ1) is 10.3. The molecule has 0 unspecified atom stereocenters. The van der Waals surface area contributed by atoms with Gasteiger partial charge < -0.3 is 10.6 Å². The first-order valence-corrected chi connectivity index (χ1v) is 7.40. The number of aromatic nitrogens is 2. The fourth-order valence-corrected chi connectivity index (χ4v) is 2.14. The van der Waals surface area contributed by atoms with Gasteiger partial charge in [-0.3, -0.25) is 4.79 Å². The molecule has 1 aromatic carbocycles. The number of nitrogens with zero attached hydrogens (tertiary/aromatic N) is 2. The van der Waals surface area contributed by atoms with Crippen molar-refractivity contribution < 1.29 is 4.79 Å². The Morgan fingerprint density at radius 3 is 2.86 bits per heavy atom. The molecule has 1 aliphatic rings. The quantitative estimate of drug-likeness (QED) is 0.760. The number of benzene rings is 1. The molecule has 1 fully saturated rings. The highest BCUT2D eigenvalue weighted by Gasteiger charge is 2.22. The average molecular weight is 284 g/mol. The molecule has 0 atom stereocenters. The normalized spacial score (nSPS) is 14.1. The summed E-state index contributed by atoms with van der Waals surface area (Å²) in [6, 6.07) is 10.5. The largest absolute Gasteiger partial charge is 0.353 e. The number of nitrogens with one attached hydrogen (secondary N) is 2. The van der Waals surface area contributed by atoms with E-state index in [1.54, 1.807) is 0 Å². The third-order valence-corrected chi connectivity index (χ3v) is 3.46. The maximum absolute atomic E-state index is 11.5. The summed E-state index contributed by atoms with van der Waals surface area (Å²) in [6.07, 6.45) is 6.66. The van der Waals surface area contributed by atoms with E-state index in [0.717, 1.165) is 30.6 Å². The van der Waals surface area contributed by atoms with Gasteiger partial charge in [0.05, 0.1) is 11.9 Å². The van der Waals surface area contributed by atoms with E-state index in [1.807, 2.05) is 47.4 Å². The SMILES string of the molecule is O=C(CCNCc1cnn(-c2ccccc2)c1)NC1CC1. The second-order valence-corrected chi connectivity index (χ2v) is 5.40. The zero-order valence-electron chi connectivity index (χ0n) is 12.0. The number of para-hydroxylation sites is 1. The monoisotopic (exact) mass is 284 g/mol. The van der Waals surface area contributed by atoms with Crippen molar-refractivity contribution in [2.45, 2.75) is 31.8 Å². The van der Waals surface area contributed by atoms with E-state index in [-0.39, 0.29) is 5.91 Å². The van der Waals surface area contributed by atoms with Crippen LogP contribution in [-0.4, -0.2) is 28.3 Å². The van der Waals surface area contributed by atoms with Crippen LogP contribution >= 0.6 is 0 Å². The third kappa shape index (κ3) is 4.16. The summed E-state index contributed by atoms with van der Waals surface area (Å²) in [7, 11) is 0. The van der Waals surface area contributed by atoms with Gasteiger partial charge in [-0.05, 0) is 25.0 Å². The Hall–Kier alpha value is -2.14. The minimum atomic E-state index is 0.144. The van der Waals surface area contributed by atoms with Crippen LogP contribution in [0.4, 0.5) is 0 Å².